The maximum atomic E-state index is 13.2. The molecule has 0 aromatic rings. The van der Waals surface area contributed by atoms with Crippen LogP contribution in [-0.2, 0) is 42.9 Å². The Morgan fingerprint density at radius 1 is 0.923 bits per heavy atom. The van der Waals surface area contributed by atoms with Crippen molar-refractivity contribution in [2.24, 2.45) is 11.3 Å². The van der Waals surface area contributed by atoms with Crippen LogP contribution in [0.15, 0.2) is 34.1 Å². The van der Waals surface area contributed by atoms with Gasteiger partial charge in [-0.1, -0.05) is 13.8 Å². The molecule has 0 saturated heterocycles. The van der Waals surface area contributed by atoms with Gasteiger partial charge in [-0.15, -0.1) is 0 Å². The summed E-state index contributed by atoms with van der Waals surface area (Å²) in [4.78, 5) is 61.2. The van der Waals surface area contributed by atoms with Gasteiger partial charge < -0.3 is 29.2 Å². The molecule has 0 amide bonds. The highest BCUT2D eigenvalue weighted by molar-refractivity contribution is 5.96. The lowest BCUT2D eigenvalue weighted by atomic mass is 9.60. The standard InChI is InChI=1S/C28H38O11/c1-13-21(33)11-22(34)19(12-36-15(3)29)9-23(35)20-10-24(37-16(4)30)14(2)25(28(20,7)8)27(39-18(6)32)26(13)38-17(5)31/h9,20-21,23-24,27,33,35H,10-12H2,1-8H3/b19-9+,26-13-/t20-,21+,23-,24-,27+/m0/s1. The molecule has 2 rings (SSSR count). The lowest BCUT2D eigenvalue weighted by molar-refractivity contribution is -0.151. The van der Waals surface area contributed by atoms with E-state index in [4.69, 9.17) is 18.9 Å². The Bertz CT molecular complexity index is 1120. The van der Waals surface area contributed by atoms with Crippen molar-refractivity contribution in [2.75, 3.05) is 6.61 Å². The van der Waals surface area contributed by atoms with Gasteiger partial charge in [-0.25, -0.2) is 0 Å². The maximum absolute atomic E-state index is 13.2. The molecule has 11 heteroatoms. The van der Waals surface area contributed by atoms with Crippen LogP contribution >= 0.6 is 0 Å². The predicted octanol–water partition coefficient (Wildman–Crippen LogP) is 2.23. The summed E-state index contributed by atoms with van der Waals surface area (Å²) in [7, 11) is 0. The molecular weight excluding hydrogens is 512 g/mol. The molecule has 5 atom stereocenters. The number of carbonyl (C=O) groups is 5. The number of carbonyl (C=O) groups excluding carboxylic acids is 5. The van der Waals surface area contributed by atoms with Crippen LogP contribution in [0.5, 0.6) is 0 Å². The number of ether oxygens (including phenoxy) is 4. The largest absolute Gasteiger partial charge is 0.461 e. The minimum absolute atomic E-state index is 0.0386. The van der Waals surface area contributed by atoms with Crippen molar-refractivity contribution in [1.29, 1.82) is 0 Å². The summed E-state index contributed by atoms with van der Waals surface area (Å²) in [6.07, 6.45) is -4.07. The molecule has 0 aromatic carbocycles. The number of hydrogen-bond donors (Lipinski definition) is 2. The number of esters is 4. The molecule has 2 aliphatic carbocycles. The van der Waals surface area contributed by atoms with Gasteiger partial charge in [0.1, 0.15) is 12.7 Å². The van der Waals surface area contributed by atoms with Crippen LogP contribution in [0, 0.1) is 11.3 Å². The summed E-state index contributed by atoms with van der Waals surface area (Å²) in [6, 6.07) is 0. The summed E-state index contributed by atoms with van der Waals surface area (Å²) in [5.74, 6) is -4.23. The fraction of sp³-hybridized carbons (Fsp3) is 0.607. The SMILES string of the molecule is CC(=O)OC/C1=C\[C@H](O)[C@@H]2C[C@H](OC(C)=O)C(C)=C([C@@H](OC(C)=O)/C(OC(C)=O)=C(\C)[C@H](O)CC1=O)C2(C)C. The van der Waals surface area contributed by atoms with Crippen molar-refractivity contribution < 1.29 is 53.1 Å². The zero-order valence-electron chi connectivity index (χ0n) is 23.7. The van der Waals surface area contributed by atoms with E-state index in [9.17, 15) is 34.2 Å². The van der Waals surface area contributed by atoms with E-state index in [2.05, 4.69) is 0 Å². The van der Waals surface area contributed by atoms with Crippen LogP contribution in [0.1, 0.15) is 68.2 Å². The number of ketones is 1. The van der Waals surface area contributed by atoms with Crippen molar-refractivity contribution in [1.82, 2.24) is 0 Å². The number of Topliss-reactive ketones (excluding diaryl/α,β-unsaturated/α-hetero) is 1. The molecule has 2 aliphatic rings. The number of aliphatic hydroxyl groups is 2. The third kappa shape index (κ3) is 7.63. The summed E-state index contributed by atoms with van der Waals surface area (Å²) >= 11 is 0. The van der Waals surface area contributed by atoms with E-state index in [0.717, 1.165) is 6.92 Å². The molecule has 0 spiro atoms. The van der Waals surface area contributed by atoms with Crippen molar-refractivity contribution in [3.8, 4) is 0 Å². The van der Waals surface area contributed by atoms with E-state index in [-0.39, 0.29) is 23.3 Å². The fourth-order valence-electron chi connectivity index (χ4n) is 5.28. The van der Waals surface area contributed by atoms with Gasteiger partial charge in [-0.3, -0.25) is 24.0 Å². The van der Waals surface area contributed by atoms with Crippen LogP contribution in [0.4, 0.5) is 0 Å². The summed E-state index contributed by atoms with van der Waals surface area (Å²) < 4.78 is 21.8. The van der Waals surface area contributed by atoms with Crippen LogP contribution in [0.2, 0.25) is 0 Å². The lowest BCUT2D eigenvalue weighted by Gasteiger charge is -2.48. The van der Waals surface area contributed by atoms with Crippen LogP contribution in [-0.4, -0.2) is 70.9 Å². The van der Waals surface area contributed by atoms with Gasteiger partial charge in [0.05, 0.1) is 12.2 Å². The van der Waals surface area contributed by atoms with Gasteiger partial charge in [0, 0.05) is 45.6 Å². The van der Waals surface area contributed by atoms with Gasteiger partial charge in [-0.2, -0.15) is 0 Å². The first-order valence-corrected chi connectivity index (χ1v) is 12.6. The Morgan fingerprint density at radius 2 is 1.51 bits per heavy atom. The topological polar surface area (TPSA) is 163 Å². The average molecular weight is 551 g/mol. The first-order valence-electron chi connectivity index (χ1n) is 12.6. The summed E-state index contributed by atoms with van der Waals surface area (Å²) in [5, 5.41) is 22.5. The Labute approximate surface area is 227 Å². The minimum Gasteiger partial charge on any atom is -0.461 e. The second-order valence-electron chi connectivity index (χ2n) is 10.5. The molecule has 0 unspecified atom stereocenters. The predicted molar refractivity (Wildman–Crippen MR) is 137 cm³/mol. The van der Waals surface area contributed by atoms with E-state index in [1.54, 1.807) is 20.8 Å². The van der Waals surface area contributed by atoms with E-state index in [1.165, 1.54) is 33.8 Å². The van der Waals surface area contributed by atoms with Crippen LogP contribution < -0.4 is 0 Å². The second kappa shape index (κ2) is 12.7. The number of aliphatic hydroxyl groups excluding tert-OH is 2. The van der Waals surface area contributed by atoms with E-state index in [0.29, 0.717) is 11.1 Å². The van der Waals surface area contributed by atoms with Crippen LogP contribution in [0.3, 0.4) is 0 Å². The molecule has 11 nitrogen and oxygen atoms in total. The van der Waals surface area contributed by atoms with Gasteiger partial charge in [0.2, 0.25) is 0 Å². The van der Waals surface area contributed by atoms with Crippen molar-refractivity contribution >= 4 is 29.7 Å². The first kappa shape index (κ1) is 31.9. The van der Waals surface area contributed by atoms with Gasteiger partial charge in [0.25, 0.3) is 0 Å². The molecule has 216 valence electrons. The maximum Gasteiger partial charge on any atom is 0.307 e. The summed E-state index contributed by atoms with van der Waals surface area (Å²) in [6.45, 7) is 11.0. The Balaban J connectivity index is 2.96. The van der Waals surface area contributed by atoms with Crippen molar-refractivity contribution in [3.05, 3.63) is 34.1 Å². The van der Waals surface area contributed by atoms with E-state index in [1.807, 2.05) is 0 Å². The molecule has 2 N–H and O–H groups in total. The minimum atomic E-state index is -1.49. The average Bonchev–Trinajstić information content (AvgIpc) is 2.79. The number of fused-ring (bicyclic) bond motifs is 2. The van der Waals surface area contributed by atoms with Gasteiger partial charge >= 0.3 is 23.9 Å². The molecular formula is C28H38O11. The number of rotatable bonds is 5. The monoisotopic (exact) mass is 550 g/mol. The molecule has 0 radical (unpaired) electrons. The third-order valence-corrected chi connectivity index (χ3v) is 7.18. The van der Waals surface area contributed by atoms with E-state index >= 15 is 0 Å². The quantitative estimate of drug-likeness (QED) is 0.293. The highest BCUT2D eigenvalue weighted by Crippen LogP contribution is 2.51. The Kier molecular flexibility index (Phi) is 10.4. The highest BCUT2D eigenvalue weighted by atomic mass is 16.6. The molecule has 39 heavy (non-hydrogen) atoms. The molecule has 0 aliphatic heterocycles. The van der Waals surface area contributed by atoms with E-state index < -0.39 is 78.4 Å². The molecule has 0 heterocycles. The molecule has 0 aromatic heterocycles. The zero-order chi connectivity index (χ0) is 29.8. The smallest absolute Gasteiger partial charge is 0.307 e. The van der Waals surface area contributed by atoms with Crippen molar-refractivity contribution in [2.45, 2.75) is 92.6 Å². The highest BCUT2D eigenvalue weighted by Gasteiger charge is 2.50. The van der Waals surface area contributed by atoms with Gasteiger partial charge in [0.15, 0.2) is 17.6 Å². The third-order valence-electron chi connectivity index (χ3n) is 7.18. The first-order chi connectivity index (χ1) is 18.0. The van der Waals surface area contributed by atoms with Gasteiger partial charge in [-0.05, 0) is 48.5 Å². The Hall–Kier alpha value is -3.31. The number of hydrogen-bond acceptors (Lipinski definition) is 11. The fourth-order valence-corrected chi connectivity index (χ4v) is 5.28. The summed E-state index contributed by atoms with van der Waals surface area (Å²) in [5.41, 5.74) is -0.0521. The zero-order valence-corrected chi connectivity index (χ0v) is 23.7. The molecule has 0 fully saturated rings. The van der Waals surface area contributed by atoms with Crippen molar-refractivity contribution in [3.63, 3.8) is 0 Å². The Morgan fingerprint density at radius 3 is 2.03 bits per heavy atom. The lowest BCUT2D eigenvalue weighted by Crippen LogP contribution is -2.48. The molecule has 2 bridgehead atoms. The second-order valence-corrected chi connectivity index (χ2v) is 10.5. The normalized spacial score (nSPS) is 30.7. The molecule has 0 saturated carbocycles. The van der Waals surface area contributed by atoms with Crippen LogP contribution in [0.25, 0.3) is 0 Å².